The van der Waals surface area contributed by atoms with Gasteiger partial charge in [-0.15, -0.1) is 0 Å². The molecular weight excluding hydrogens is 305 g/mol. The Hall–Kier alpha value is -0.230. The third-order valence-corrected chi connectivity index (χ3v) is 2.56. The molecular formula is C8H16ClF6N2P. The summed E-state index contributed by atoms with van der Waals surface area (Å²) in [6, 6.07) is 0. The molecule has 1 saturated heterocycles. The first kappa shape index (κ1) is 17.8. The second kappa shape index (κ2) is 5.04. The third-order valence-electron chi connectivity index (χ3n) is 1.99. The Bertz CT molecular complexity index is 303. The van der Waals surface area contributed by atoms with Crippen molar-refractivity contribution in [3.8, 4) is 0 Å². The van der Waals surface area contributed by atoms with Crippen molar-refractivity contribution in [2.75, 3.05) is 27.2 Å². The summed E-state index contributed by atoms with van der Waals surface area (Å²) in [6.07, 6.45) is 3.92. The van der Waals surface area contributed by atoms with Crippen LogP contribution in [-0.2, 0) is 0 Å². The van der Waals surface area contributed by atoms with Gasteiger partial charge in [0.25, 0.3) is 0 Å². The molecule has 1 rings (SSSR count). The second-order valence-corrected chi connectivity index (χ2v) is 6.42. The molecule has 112 valence electrons. The van der Waals surface area contributed by atoms with Crippen LogP contribution < -0.4 is 0 Å². The SMILES string of the molecule is C[N+](C)=C(Cl)N1CCCCC1.F[P-](F)(F)(F)(F)F. The number of hydrogen-bond donors (Lipinski definition) is 0. The van der Waals surface area contributed by atoms with E-state index < -0.39 is 7.81 Å². The van der Waals surface area contributed by atoms with Crippen molar-refractivity contribution in [2.45, 2.75) is 19.3 Å². The van der Waals surface area contributed by atoms with Crippen molar-refractivity contribution >= 4 is 24.7 Å². The van der Waals surface area contributed by atoms with Gasteiger partial charge in [-0.05, 0) is 19.3 Å². The van der Waals surface area contributed by atoms with Gasteiger partial charge in [-0.3, -0.25) is 9.48 Å². The zero-order valence-electron chi connectivity index (χ0n) is 10.0. The van der Waals surface area contributed by atoms with E-state index in [0.717, 1.165) is 18.4 Å². The van der Waals surface area contributed by atoms with Gasteiger partial charge in [-0.1, -0.05) is 0 Å². The summed E-state index contributed by atoms with van der Waals surface area (Å²) in [6.45, 7) is 2.24. The van der Waals surface area contributed by atoms with Crippen LogP contribution in [0, 0.1) is 0 Å². The molecule has 1 aliphatic rings. The van der Waals surface area contributed by atoms with Gasteiger partial charge >= 0.3 is 38.3 Å². The van der Waals surface area contributed by atoms with Crippen LogP contribution in [0.5, 0.6) is 0 Å². The number of halogens is 7. The van der Waals surface area contributed by atoms with E-state index in [1.54, 1.807) is 0 Å². The molecule has 1 fully saturated rings. The number of nitrogens with zero attached hydrogens (tertiary/aromatic N) is 2. The van der Waals surface area contributed by atoms with Crippen LogP contribution in [0.4, 0.5) is 25.2 Å². The first-order valence-electron chi connectivity index (χ1n) is 5.18. The van der Waals surface area contributed by atoms with Crippen molar-refractivity contribution in [3.63, 3.8) is 0 Å². The quantitative estimate of drug-likeness (QED) is 0.156. The zero-order valence-corrected chi connectivity index (χ0v) is 11.7. The number of piperidine rings is 1. The molecule has 0 aromatic rings. The topological polar surface area (TPSA) is 6.25 Å². The van der Waals surface area contributed by atoms with E-state index in [-0.39, 0.29) is 0 Å². The van der Waals surface area contributed by atoms with Crippen molar-refractivity contribution < 1.29 is 29.8 Å². The number of rotatable bonds is 0. The molecule has 0 spiro atoms. The number of likely N-dealkylation sites (tertiary alicyclic amines) is 1. The predicted molar refractivity (Wildman–Crippen MR) is 62.0 cm³/mol. The Kier molecular flexibility index (Phi) is 4.97. The van der Waals surface area contributed by atoms with Gasteiger partial charge in [0.2, 0.25) is 0 Å². The molecule has 18 heavy (non-hydrogen) atoms. The molecule has 0 amide bonds. The molecule has 1 heterocycles. The Morgan fingerprint density at radius 1 is 0.944 bits per heavy atom. The first-order chi connectivity index (χ1) is 7.66. The van der Waals surface area contributed by atoms with E-state index in [2.05, 4.69) is 4.90 Å². The van der Waals surface area contributed by atoms with Crippen LogP contribution in [0.25, 0.3) is 0 Å². The maximum absolute atomic E-state index is 10.7. The Balaban J connectivity index is 0.000000360. The van der Waals surface area contributed by atoms with Crippen LogP contribution in [0.1, 0.15) is 19.3 Å². The summed E-state index contributed by atoms with van der Waals surface area (Å²) in [5.41, 5.74) is 0. The first-order valence-corrected chi connectivity index (χ1v) is 7.58. The van der Waals surface area contributed by atoms with Crippen molar-refractivity contribution in [1.29, 1.82) is 0 Å². The Morgan fingerprint density at radius 3 is 1.56 bits per heavy atom. The Labute approximate surface area is 106 Å². The average molecular weight is 321 g/mol. The summed E-state index contributed by atoms with van der Waals surface area (Å²) in [5.74, 6) is 0. The van der Waals surface area contributed by atoms with E-state index in [1.165, 1.54) is 19.3 Å². The standard InChI is InChI=1S/C8H16ClN2.F6P/c1-10(2)8(9)11-6-4-3-5-7-11;1-7(2,3,4,5)6/h3-7H2,1-2H3;/q+1;-1. The molecule has 0 radical (unpaired) electrons. The van der Waals surface area contributed by atoms with Crippen molar-refractivity contribution in [1.82, 2.24) is 4.90 Å². The minimum absolute atomic E-state index is 0.879. The van der Waals surface area contributed by atoms with Crippen LogP contribution >= 0.6 is 19.4 Å². The van der Waals surface area contributed by atoms with E-state index in [1.807, 2.05) is 18.7 Å². The second-order valence-electron chi connectivity index (χ2n) is 4.17. The van der Waals surface area contributed by atoms with Gasteiger partial charge in [0.1, 0.15) is 0 Å². The summed E-state index contributed by atoms with van der Waals surface area (Å²) in [5, 5.41) is 0.879. The molecule has 0 unspecified atom stereocenters. The van der Waals surface area contributed by atoms with E-state index in [0.29, 0.717) is 0 Å². The van der Waals surface area contributed by atoms with Crippen LogP contribution in [0.2, 0.25) is 0 Å². The monoisotopic (exact) mass is 320 g/mol. The Morgan fingerprint density at radius 2 is 1.28 bits per heavy atom. The summed E-state index contributed by atoms with van der Waals surface area (Å²) >= 11 is 6.06. The molecule has 2 nitrogen and oxygen atoms in total. The zero-order chi connectivity index (χ0) is 14.7. The van der Waals surface area contributed by atoms with Crippen LogP contribution in [0.3, 0.4) is 0 Å². The molecule has 10 heteroatoms. The van der Waals surface area contributed by atoms with E-state index in [4.69, 9.17) is 11.6 Å². The fourth-order valence-corrected chi connectivity index (χ4v) is 1.53. The van der Waals surface area contributed by atoms with Gasteiger partial charge in [0, 0.05) is 11.6 Å². The van der Waals surface area contributed by atoms with Crippen molar-refractivity contribution in [3.05, 3.63) is 0 Å². The summed E-state index contributed by atoms with van der Waals surface area (Å²) in [4.78, 5) is 2.24. The summed E-state index contributed by atoms with van der Waals surface area (Å²) in [7, 11) is -6.69. The average Bonchev–Trinajstić information content (AvgIpc) is 2.13. The van der Waals surface area contributed by atoms with E-state index in [9.17, 15) is 25.2 Å². The number of hydrogen-bond acceptors (Lipinski definition) is 0. The molecule has 0 N–H and O–H groups in total. The summed E-state index contributed by atoms with van der Waals surface area (Å²) < 4.78 is 61.2. The van der Waals surface area contributed by atoms with Gasteiger partial charge in [0.15, 0.2) is 0 Å². The molecule has 0 atom stereocenters. The maximum atomic E-state index is 9.87. The predicted octanol–water partition coefficient (Wildman–Crippen LogP) is 4.72. The molecule has 1 aliphatic heterocycles. The number of amidine groups is 1. The minimum atomic E-state index is -10.7. The molecule has 0 saturated carbocycles. The third kappa shape index (κ3) is 13.8. The molecule has 0 aromatic heterocycles. The van der Waals surface area contributed by atoms with E-state index >= 15 is 0 Å². The molecule has 0 bridgehead atoms. The van der Waals surface area contributed by atoms with Gasteiger partial charge in [0.05, 0.1) is 27.2 Å². The van der Waals surface area contributed by atoms with Gasteiger partial charge in [-0.25, -0.2) is 0 Å². The fraction of sp³-hybridized carbons (Fsp3) is 0.875. The fourth-order valence-electron chi connectivity index (χ4n) is 1.36. The van der Waals surface area contributed by atoms with Gasteiger partial charge in [-0.2, -0.15) is 0 Å². The normalized spacial score (nSPS) is 20.2. The van der Waals surface area contributed by atoms with Crippen molar-refractivity contribution in [2.24, 2.45) is 0 Å². The molecule has 0 aliphatic carbocycles. The van der Waals surface area contributed by atoms with Gasteiger partial charge < -0.3 is 0 Å². The van der Waals surface area contributed by atoms with Crippen LogP contribution in [-0.4, -0.2) is 42.0 Å². The molecule has 0 aromatic carbocycles. The van der Waals surface area contributed by atoms with Crippen LogP contribution in [0.15, 0.2) is 0 Å².